The van der Waals surface area contributed by atoms with Crippen LogP contribution in [0.15, 0.2) is 60.7 Å². The summed E-state index contributed by atoms with van der Waals surface area (Å²) in [7, 11) is 0. The van der Waals surface area contributed by atoms with Crippen LogP contribution in [-0.4, -0.2) is 27.8 Å². The fourth-order valence-corrected chi connectivity index (χ4v) is 4.24. The standard InChI is InChI=1S/C24H17NO4S/c26-22-14-21-20(13-19(30-21)8-4-7-16-5-2-1-3-6-16)23(27)25(22)15-17-9-11-18(12-10-17)24(28)29/h1-3,5-6,9-13H,7,14-15H2,(H,28,29). The van der Waals surface area contributed by atoms with Gasteiger partial charge in [0, 0.05) is 11.3 Å². The van der Waals surface area contributed by atoms with Crippen LogP contribution in [0.4, 0.5) is 0 Å². The number of carbonyl (C=O) groups excluding carboxylic acids is 2. The van der Waals surface area contributed by atoms with Crippen molar-refractivity contribution in [2.75, 3.05) is 0 Å². The fourth-order valence-electron chi connectivity index (χ4n) is 3.22. The molecule has 2 amide bonds. The van der Waals surface area contributed by atoms with E-state index in [0.717, 1.165) is 15.3 Å². The number of fused-ring (bicyclic) bond motifs is 1. The third kappa shape index (κ3) is 4.17. The number of rotatable bonds is 4. The first-order chi connectivity index (χ1) is 14.5. The highest BCUT2D eigenvalue weighted by atomic mass is 32.1. The zero-order valence-corrected chi connectivity index (χ0v) is 16.7. The molecule has 1 N–H and O–H groups in total. The molecule has 0 fully saturated rings. The molecule has 4 rings (SSSR count). The number of hydrogen-bond acceptors (Lipinski definition) is 4. The van der Waals surface area contributed by atoms with Crippen LogP contribution in [0.25, 0.3) is 0 Å². The van der Waals surface area contributed by atoms with Crippen LogP contribution in [0, 0.1) is 11.8 Å². The van der Waals surface area contributed by atoms with Crippen molar-refractivity contribution in [3.8, 4) is 11.8 Å². The van der Waals surface area contributed by atoms with Gasteiger partial charge in [0.25, 0.3) is 5.91 Å². The van der Waals surface area contributed by atoms with Crippen molar-refractivity contribution in [2.45, 2.75) is 19.4 Å². The lowest BCUT2D eigenvalue weighted by atomic mass is 10.1. The molecule has 0 saturated heterocycles. The number of aromatic carboxylic acids is 1. The van der Waals surface area contributed by atoms with Gasteiger partial charge in [0.1, 0.15) is 0 Å². The summed E-state index contributed by atoms with van der Waals surface area (Å²) in [5, 5.41) is 8.99. The Morgan fingerprint density at radius 1 is 1.03 bits per heavy atom. The van der Waals surface area contributed by atoms with E-state index in [9.17, 15) is 14.4 Å². The van der Waals surface area contributed by atoms with Crippen LogP contribution in [0.5, 0.6) is 0 Å². The Bertz CT molecular complexity index is 1180. The smallest absolute Gasteiger partial charge is 0.335 e. The van der Waals surface area contributed by atoms with Crippen LogP contribution in [0.1, 0.15) is 41.6 Å². The molecule has 30 heavy (non-hydrogen) atoms. The lowest BCUT2D eigenvalue weighted by molar-refractivity contribution is -0.128. The Morgan fingerprint density at radius 3 is 2.47 bits per heavy atom. The number of hydrogen-bond donors (Lipinski definition) is 1. The number of carbonyl (C=O) groups is 3. The van der Waals surface area contributed by atoms with Crippen molar-refractivity contribution < 1.29 is 19.5 Å². The lowest BCUT2D eigenvalue weighted by Gasteiger charge is -2.25. The second-order valence-corrected chi connectivity index (χ2v) is 8.01. The molecule has 1 aliphatic rings. The summed E-state index contributed by atoms with van der Waals surface area (Å²) in [6.45, 7) is 0.113. The van der Waals surface area contributed by atoms with Gasteiger partial charge in [0.2, 0.25) is 5.91 Å². The first kappa shape index (κ1) is 19.6. The van der Waals surface area contributed by atoms with Gasteiger partial charge in [-0.1, -0.05) is 54.3 Å². The monoisotopic (exact) mass is 415 g/mol. The maximum atomic E-state index is 12.9. The minimum Gasteiger partial charge on any atom is -0.478 e. The summed E-state index contributed by atoms with van der Waals surface area (Å²) in [4.78, 5) is 39.1. The van der Waals surface area contributed by atoms with Crippen LogP contribution in [-0.2, 0) is 24.2 Å². The number of benzene rings is 2. The van der Waals surface area contributed by atoms with Gasteiger partial charge in [-0.25, -0.2) is 4.79 Å². The van der Waals surface area contributed by atoms with E-state index in [1.165, 1.54) is 28.4 Å². The molecule has 3 aromatic rings. The van der Waals surface area contributed by atoms with Gasteiger partial charge >= 0.3 is 5.97 Å². The summed E-state index contributed by atoms with van der Waals surface area (Å²) in [5.41, 5.74) is 2.50. The molecule has 0 unspecified atom stereocenters. The van der Waals surface area contributed by atoms with Gasteiger partial charge in [-0.3, -0.25) is 14.5 Å². The predicted octanol–water partition coefficient (Wildman–Crippen LogP) is 3.77. The maximum absolute atomic E-state index is 12.9. The van der Waals surface area contributed by atoms with E-state index in [4.69, 9.17) is 5.11 Å². The van der Waals surface area contributed by atoms with E-state index in [0.29, 0.717) is 17.5 Å². The molecule has 5 nitrogen and oxygen atoms in total. The first-order valence-electron chi connectivity index (χ1n) is 9.33. The molecule has 148 valence electrons. The zero-order chi connectivity index (χ0) is 21.1. The van der Waals surface area contributed by atoms with Crippen molar-refractivity contribution >= 4 is 29.1 Å². The minimum absolute atomic E-state index is 0.113. The fraction of sp³-hybridized carbons (Fsp3) is 0.125. The third-order valence-electron chi connectivity index (χ3n) is 4.79. The number of thiophene rings is 1. The van der Waals surface area contributed by atoms with Gasteiger partial charge in [-0.05, 0) is 29.3 Å². The van der Waals surface area contributed by atoms with Crippen LogP contribution in [0.2, 0.25) is 0 Å². The van der Waals surface area contributed by atoms with E-state index >= 15 is 0 Å². The van der Waals surface area contributed by atoms with E-state index in [-0.39, 0.29) is 30.3 Å². The molecule has 2 aromatic carbocycles. The molecule has 0 aliphatic carbocycles. The molecule has 1 aromatic heterocycles. The highest BCUT2D eigenvalue weighted by Gasteiger charge is 2.32. The average molecular weight is 415 g/mol. The Morgan fingerprint density at radius 2 is 1.77 bits per heavy atom. The first-order valence-corrected chi connectivity index (χ1v) is 10.2. The number of imide groups is 1. The Labute approximate surface area is 177 Å². The van der Waals surface area contributed by atoms with E-state index < -0.39 is 5.97 Å². The van der Waals surface area contributed by atoms with Crippen molar-refractivity contribution in [3.63, 3.8) is 0 Å². The van der Waals surface area contributed by atoms with Gasteiger partial charge < -0.3 is 5.11 Å². The maximum Gasteiger partial charge on any atom is 0.335 e. The lowest BCUT2D eigenvalue weighted by Crippen LogP contribution is -2.41. The largest absolute Gasteiger partial charge is 0.478 e. The van der Waals surface area contributed by atoms with E-state index in [2.05, 4.69) is 11.8 Å². The van der Waals surface area contributed by atoms with Crippen molar-refractivity contribution in [1.82, 2.24) is 4.90 Å². The molecule has 0 bridgehead atoms. The second kappa shape index (κ2) is 8.36. The van der Waals surface area contributed by atoms with E-state index in [1.807, 2.05) is 30.3 Å². The average Bonchev–Trinajstić information content (AvgIpc) is 3.15. The molecule has 0 spiro atoms. The van der Waals surface area contributed by atoms with Crippen LogP contribution >= 0.6 is 11.3 Å². The Kier molecular flexibility index (Phi) is 5.46. The third-order valence-corrected chi connectivity index (χ3v) is 5.84. The molecule has 6 heteroatoms. The Balaban J connectivity index is 1.50. The van der Waals surface area contributed by atoms with Crippen molar-refractivity contribution in [1.29, 1.82) is 0 Å². The highest BCUT2D eigenvalue weighted by Crippen LogP contribution is 2.29. The SMILES string of the molecule is O=C(O)c1ccc(CN2C(=O)Cc3sc(C#CCc4ccccc4)cc3C2=O)cc1. The number of carboxylic acids is 1. The highest BCUT2D eigenvalue weighted by molar-refractivity contribution is 7.13. The quantitative estimate of drug-likeness (QED) is 0.520. The molecule has 2 heterocycles. The number of carboxylic acid groups (broad SMARTS) is 1. The Hall–Kier alpha value is -3.69. The van der Waals surface area contributed by atoms with Gasteiger partial charge in [-0.2, -0.15) is 0 Å². The molecule has 1 aliphatic heterocycles. The molecule has 0 atom stereocenters. The van der Waals surface area contributed by atoms with Gasteiger partial charge in [0.15, 0.2) is 0 Å². The van der Waals surface area contributed by atoms with Crippen molar-refractivity contribution in [2.24, 2.45) is 0 Å². The zero-order valence-electron chi connectivity index (χ0n) is 15.9. The van der Waals surface area contributed by atoms with Gasteiger partial charge in [-0.15, -0.1) is 11.3 Å². The predicted molar refractivity (Wildman–Crippen MR) is 113 cm³/mol. The van der Waals surface area contributed by atoms with Gasteiger partial charge in [0.05, 0.1) is 29.0 Å². The van der Waals surface area contributed by atoms with Crippen molar-refractivity contribution in [3.05, 3.63) is 92.7 Å². The number of nitrogens with zero attached hydrogens (tertiary/aromatic N) is 1. The molecular formula is C24H17NO4S. The minimum atomic E-state index is -1.02. The van der Waals surface area contributed by atoms with Crippen LogP contribution < -0.4 is 0 Å². The molecule has 0 radical (unpaired) electrons. The summed E-state index contributed by atoms with van der Waals surface area (Å²) in [6, 6.07) is 17.8. The topological polar surface area (TPSA) is 74.7 Å². The molecule has 0 saturated carbocycles. The summed E-state index contributed by atoms with van der Waals surface area (Å²) in [5.74, 6) is 4.60. The normalized spacial score (nSPS) is 12.9. The second-order valence-electron chi connectivity index (χ2n) is 6.88. The molecular weight excluding hydrogens is 398 g/mol. The summed E-state index contributed by atoms with van der Waals surface area (Å²) < 4.78 is 0. The summed E-state index contributed by atoms with van der Waals surface area (Å²) in [6.07, 6.45) is 0.786. The summed E-state index contributed by atoms with van der Waals surface area (Å²) >= 11 is 1.38. The van der Waals surface area contributed by atoms with E-state index in [1.54, 1.807) is 18.2 Å². The van der Waals surface area contributed by atoms with Crippen LogP contribution in [0.3, 0.4) is 0 Å². The number of amides is 2.